The van der Waals surface area contributed by atoms with Crippen LogP contribution >= 0.6 is 11.6 Å². The maximum atomic E-state index is 12.6. The number of hydrogen-bond acceptors (Lipinski definition) is 1. The third kappa shape index (κ3) is 3.23. The van der Waals surface area contributed by atoms with E-state index in [1.165, 1.54) is 0 Å². The van der Waals surface area contributed by atoms with Crippen LogP contribution in [0.3, 0.4) is 0 Å². The van der Waals surface area contributed by atoms with E-state index in [9.17, 15) is 18.0 Å². The number of carbonyl (C=O) groups excluding carboxylic acids is 1. The largest absolute Gasteiger partial charge is 0.391 e. The minimum atomic E-state index is -4.12. The Morgan fingerprint density at radius 3 is 2.30 bits per heavy atom. The van der Waals surface area contributed by atoms with Crippen molar-refractivity contribution < 1.29 is 18.0 Å². The van der Waals surface area contributed by atoms with Crippen LogP contribution in [-0.2, 0) is 4.79 Å². The molecule has 0 bridgehead atoms. The zero-order valence-corrected chi connectivity index (χ0v) is 12.4. The van der Waals surface area contributed by atoms with E-state index in [-0.39, 0.29) is 30.7 Å². The second-order valence-electron chi connectivity index (χ2n) is 6.11. The van der Waals surface area contributed by atoms with E-state index in [1.807, 2.05) is 0 Å². The van der Waals surface area contributed by atoms with Crippen molar-refractivity contribution in [1.82, 2.24) is 4.90 Å². The second-order valence-corrected chi connectivity index (χ2v) is 6.42. The highest BCUT2D eigenvalue weighted by Crippen LogP contribution is 2.40. The summed E-state index contributed by atoms with van der Waals surface area (Å²) >= 11 is 5.92. The molecule has 0 aromatic rings. The van der Waals surface area contributed by atoms with Crippen molar-refractivity contribution in [2.24, 2.45) is 17.8 Å². The van der Waals surface area contributed by atoms with E-state index in [0.717, 1.165) is 6.42 Å². The van der Waals surface area contributed by atoms with Crippen LogP contribution in [0.4, 0.5) is 13.2 Å². The number of halogens is 4. The molecular formula is C14H21ClF3NO. The van der Waals surface area contributed by atoms with E-state index in [2.05, 4.69) is 6.92 Å². The molecule has 2 rings (SSSR count). The summed E-state index contributed by atoms with van der Waals surface area (Å²) in [5.41, 5.74) is 0. The molecule has 2 unspecified atom stereocenters. The highest BCUT2D eigenvalue weighted by Gasteiger charge is 2.44. The van der Waals surface area contributed by atoms with Gasteiger partial charge >= 0.3 is 6.18 Å². The fourth-order valence-corrected chi connectivity index (χ4v) is 3.89. The van der Waals surface area contributed by atoms with Crippen LogP contribution in [0.5, 0.6) is 0 Å². The van der Waals surface area contributed by atoms with E-state index in [0.29, 0.717) is 31.2 Å². The molecule has 20 heavy (non-hydrogen) atoms. The summed E-state index contributed by atoms with van der Waals surface area (Å²) < 4.78 is 37.9. The van der Waals surface area contributed by atoms with Gasteiger partial charge in [0.1, 0.15) is 0 Å². The number of amides is 1. The van der Waals surface area contributed by atoms with Crippen molar-refractivity contribution in [1.29, 1.82) is 0 Å². The predicted octanol–water partition coefficient (Wildman–Crippen LogP) is 3.83. The van der Waals surface area contributed by atoms with E-state index in [4.69, 9.17) is 11.6 Å². The molecule has 1 aliphatic carbocycles. The normalized spacial score (nSPS) is 35.4. The number of nitrogens with zero attached hydrogens (tertiary/aromatic N) is 1. The maximum Gasteiger partial charge on any atom is 0.391 e. The molecule has 1 saturated heterocycles. The van der Waals surface area contributed by atoms with Crippen molar-refractivity contribution in [2.75, 3.05) is 12.4 Å². The predicted molar refractivity (Wildman–Crippen MR) is 71.5 cm³/mol. The summed E-state index contributed by atoms with van der Waals surface area (Å²) in [6.45, 7) is 2.76. The number of likely N-dealkylation sites (tertiary alicyclic amines) is 1. The van der Waals surface area contributed by atoms with Gasteiger partial charge in [0.05, 0.1) is 5.92 Å². The molecule has 0 N–H and O–H groups in total. The Morgan fingerprint density at radius 1 is 1.20 bits per heavy atom. The minimum absolute atomic E-state index is 0.0145. The lowest BCUT2D eigenvalue weighted by Crippen LogP contribution is -2.43. The molecular weight excluding hydrogens is 291 g/mol. The summed E-state index contributed by atoms with van der Waals surface area (Å²) in [4.78, 5) is 14.3. The summed E-state index contributed by atoms with van der Waals surface area (Å²) in [7, 11) is 0. The fourth-order valence-electron chi connectivity index (χ4n) is 3.42. The summed E-state index contributed by atoms with van der Waals surface area (Å²) in [6.07, 6.45) is -2.33. The van der Waals surface area contributed by atoms with Crippen LogP contribution in [0.25, 0.3) is 0 Å². The highest BCUT2D eigenvalue weighted by molar-refractivity contribution is 6.18. The van der Waals surface area contributed by atoms with Gasteiger partial charge in [0.2, 0.25) is 5.91 Å². The molecule has 6 heteroatoms. The van der Waals surface area contributed by atoms with Crippen LogP contribution in [0.15, 0.2) is 0 Å². The first-order valence-electron chi connectivity index (χ1n) is 7.27. The van der Waals surface area contributed by atoms with Gasteiger partial charge in [-0.05, 0) is 38.0 Å². The van der Waals surface area contributed by atoms with Crippen molar-refractivity contribution in [3.8, 4) is 0 Å². The number of rotatable bonds is 2. The molecule has 116 valence electrons. The zero-order chi connectivity index (χ0) is 14.9. The lowest BCUT2D eigenvalue weighted by Gasteiger charge is -2.33. The average molecular weight is 312 g/mol. The van der Waals surface area contributed by atoms with Gasteiger partial charge in [0.15, 0.2) is 0 Å². The van der Waals surface area contributed by atoms with Gasteiger partial charge in [0, 0.05) is 24.4 Å². The van der Waals surface area contributed by atoms with Gasteiger partial charge < -0.3 is 4.90 Å². The fraction of sp³-hybridized carbons (Fsp3) is 0.929. The standard InChI is InChI=1S/C14H21ClF3NO/c1-9-6-7-19(12(9)8-15)13(20)10-2-4-11(5-3-10)14(16,17)18/h9-12H,2-8H2,1H3. The van der Waals surface area contributed by atoms with Crippen molar-refractivity contribution in [3.63, 3.8) is 0 Å². The lowest BCUT2D eigenvalue weighted by molar-refractivity contribution is -0.185. The molecule has 1 amide bonds. The Labute approximate surface area is 122 Å². The summed E-state index contributed by atoms with van der Waals surface area (Å²) in [5.74, 6) is -0.675. The van der Waals surface area contributed by atoms with E-state index >= 15 is 0 Å². The highest BCUT2D eigenvalue weighted by atomic mass is 35.5. The molecule has 2 aliphatic rings. The topological polar surface area (TPSA) is 20.3 Å². The Morgan fingerprint density at radius 2 is 1.80 bits per heavy atom. The first-order valence-corrected chi connectivity index (χ1v) is 7.81. The Kier molecular flexibility index (Phi) is 4.88. The molecule has 2 atom stereocenters. The third-order valence-corrected chi connectivity index (χ3v) is 5.18. The first-order chi connectivity index (χ1) is 9.34. The van der Waals surface area contributed by atoms with Crippen LogP contribution in [0.2, 0.25) is 0 Å². The summed E-state index contributed by atoms with van der Waals surface area (Å²) in [6, 6.07) is 0.0458. The number of alkyl halides is 4. The minimum Gasteiger partial charge on any atom is -0.338 e. The molecule has 1 saturated carbocycles. The summed E-state index contributed by atoms with van der Waals surface area (Å²) in [5, 5.41) is 0. The van der Waals surface area contributed by atoms with Gasteiger partial charge in [-0.2, -0.15) is 13.2 Å². The van der Waals surface area contributed by atoms with Crippen LogP contribution in [0, 0.1) is 17.8 Å². The second kappa shape index (κ2) is 6.12. The van der Waals surface area contributed by atoms with Gasteiger partial charge in [-0.15, -0.1) is 11.6 Å². The SMILES string of the molecule is CC1CCN(C(=O)C2CCC(C(F)(F)F)CC2)C1CCl. The van der Waals surface area contributed by atoms with E-state index in [1.54, 1.807) is 4.90 Å². The Balaban J connectivity index is 1.92. The molecule has 0 aromatic heterocycles. The quantitative estimate of drug-likeness (QED) is 0.710. The lowest BCUT2D eigenvalue weighted by atomic mass is 9.81. The zero-order valence-electron chi connectivity index (χ0n) is 11.6. The monoisotopic (exact) mass is 311 g/mol. The molecule has 1 aliphatic heterocycles. The number of carbonyl (C=O) groups is 1. The van der Waals surface area contributed by atoms with Gasteiger partial charge in [-0.3, -0.25) is 4.79 Å². The van der Waals surface area contributed by atoms with Gasteiger partial charge in [-0.25, -0.2) is 0 Å². The molecule has 2 nitrogen and oxygen atoms in total. The molecule has 0 spiro atoms. The molecule has 0 radical (unpaired) electrons. The third-order valence-electron chi connectivity index (χ3n) is 4.86. The average Bonchev–Trinajstić information content (AvgIpc) is 2.78. The smallest absolute Gasteiger partial charge is 0.338 e. The Hall–Kier alpha value is -0.450. The maximum absolute atomic E-state index is 12.6. The van der Waals surface area contributed by atoms with Crippen LogP contribution < -0.4 is 0 Å². The van der Waals surface area contributed by atoms with Crippen molar-refractivity contribution in [3.05, 3.63) is 0 Å². The van der Waals surface area contributed by atoms with Gasteiger partial charge in [-0.1, -0.05) is 6.92 Å². The van der Waals surface area contributed by atoms with E-state index < -0.39 is 12.1 Å². The van der Waals surface area contributed by atoms with Crippen LogP contribution in [0.1, 0.15) is 39.0 Å². The Bertz CT molecular complexity index is 353. The molecule has 2 fully saturated rings. The van der Waals surface area contributed by atoms with Crippen LogP contribution in [-0.4, -0.2) is 35.4 Å². The van der Waals surface area contributed by atoms with Crippen molar-refractivity contribution >= 4 is 17.5 Å². The number of hydrogen-bond donors (Lipinski definition) is 0. The molecule has 1 heterocycles. The van der Waals surface area contributed by atoms with Crippen molar-refractivity contribution in [2.45, 2.75) is 51.2 Å². The van der Waals surface area contributed by atoms with Gasteiger partial charge in [0.25, 0.3) is 0 Å². The first kappa shape index (κ1) is 15.9. The molecule has 0 aromatic carbocycles.